The Bertz CT molecular complexity index is 903. The summed E-state index contributed by atoms with van der Waals surface area (Å²) in [5.41, 5.74) is -0.922. The van der Waals surface area contributed by atoms with Crippen LogP contribution in [0, 0.1) is 0 Å². The zero-order valence-corrected chi connectivity index (χ0v) is 20.1. The number of nitrogens with one attached hydrogen (secondary N) is 1. The maximum absolute atomic E-state index is 12.5. The van der Waals surface area contributed by atoms with E-state index in [1.54, 1.807) is 44.2 Å². The van der Waals surface area contributed by atoms with Crippen molar-refractivity contribution in [1.29, 1.82) is 0 Å². The van der Waals surface area contributed by atoms with E-state index in [4.69, 9.17) is 25.8 Å². The van der Waals surface area contributed by atoms with E-state index in [-0.39, 0.29) is 12.3 Å². The van der Waals surface area contributed by atoms with Crippen LogP contribution in [-0.4, -0.2) is 36.2 Å². The Morgan fingerprint density at radius 1 is 0.969 bits per heavy atom. The van der Waals surface area contributed by atoms with E-state index in [0.29, 0.717) is 36.1 Å². The normalized spacial score (nSPS) is 11.6. The van der Waals surface area contributed by atoms with Gasteiger partial charge >= 0.3 is 5.97 Å². The summed E-state index contributed by atoms with van der Waals surface area (Å²) in [6, 6.07) is 14.4. The molecule has 0 spiro atoms. The summed E-state index contributed by atoms with van der Waals surface area (Å²) >= 11 is 5.84. The van der Waals surface area contributed by atoms with E-state index in [0.717, 1.165) is 5.56 Å². The number of para-hydroxylation sites is 1. The van der Waals surface area contributed by atoms with Gasteiger partial charge in [-0.15, -0.1) is 0 Å². The molecule has 1 amide bonds. The molecule has 0 fully saturated rings. The predicted octanol–water partition coefficient (Wildman–Crippen LogP) is 4.97. The second-order valence-electron chi connectivity index (χ2n) is 8.87. The average Bonchev–Trinajstić information content (AvgIpc) is 2.70. The van der Waals surface area contributed by atoms with Crippen molar-refractivity contribution in [2.45, 2.75) is 58.7 Å². The first kappa shape index (κ1) is 25.5. The molecule has 0 saturated heterocycles. The molecule has 0 atom stereocenters. The molecule has 0 bridgehead atoms. The largest absolute Gasteiger partial charge is 0.492 e. The number of carbonyl (C=O) groups is 2. The minimum absolute atomic E-state index is 0.0917. The molecule has 2 aromatic rings. The summed E-state index contributed by atoms with van der Waals surface area (Å²) in [6.45, 7) is 9.54. The summed E-state index contributed by atoms with van der Waals surface area (Å²) in [5.74, 6) is 0.716. The van der Waals surface area contributed by atoms with Crippen LogP contribution in [-0.2, 0) is 20.7 Å². The number of amides is 1. The van der Waals surface area contributed by atoms with Crippen LogP contribution in [0.3, 0.4) is 0 Å². The Labute approximate surface area is 195 Å². The molecule has 6 nitrogen and oxygen atoms in total. The van der Waals surface area contributed by atoms with Crippen molar-refractivity contribution in [3.63, 3.8) is 0 Å². The maximum atomic E-state index is 12.5. The van der Waals surface area contributed by atoms with Crippen molar-refractivity contribution in [3.05, 3.63) is 59.1 Å². The Morgan fingerprint density at radius 3 is 2.28 bits per heavy atom. The van der Waals surface area contributed by atoms with Crippen LogP contribution in [0.15, 0.2) is 48.5 Å². The van der Waals surface area contributed by atoms with Crippen molar-refractivity contribution < 1.29 is 23.8 Å². The fraction of sp³-hybridized carbons (Fsp3) is 0.440. The average molecular weight is 462 g/mol. The third-order valence-electron chi connectivity index (χ3n) is 4.36. The fourth-order valence-electron chi connectivity index (χ4n) is 2.75. The molecule has 0 aliphatic carbocycles. The number of rotatable bonds is 10. The molecular formula is C25H32ClNO5. The molecule has 0 heterocycles. The van der Waals surface area contributed by atoms with E-state index in [2.05, 4.69) is 5.32 Å². The molecule has 7 heteroatoms. The van der Waals surface area contributed by atoms with E-state index in [1.807, 2.05) is 39.0 Å². The van der Waals surface area contributed by atoms with Gasteiger partial charge in [-0.1, -0.05) is 29.8 Å². The number of carbonyl (C=O) groups excluding carboxylic acids is 2. The van der Waals surface area contributed by atoms with Crippen LogP contribution in [0.2, 0.25) is 5.02 Å². The van der Waals surface area contributed by atoms with Gasteiger partial charge in [0.2, 0.25) is 5.91 Å². The summed E-state index contributed by atoms with van der Waals surface area (Å²) < 4.78 is 17.0. The maximum Gasteiger partial charge on any atom is 0.350 e. The number of aryl methyl sites for hydroxylation is 1. The first-order chi connectivity index (χ1) is 15.0. The highest BCUT2D eigenvalue weighted by Gasteiger charge is 2.35. The van der Waals surface area contributed by atoms with Crippen molar-refractivity contribution in [3.8, 4) is 11.5 Å². The smallest absolute Gasteiger partial charge is 0.350 e. The van der Waals surface area contributed by atoms with Crippen LogP contribution in [0.25, 0.3) is 0 Å². The highest BCUT2D eigenvalue weighted by Crippen LogP contribution is 2.26. The van der Waals surface area contributed by atoms with Gasteiger partial charge in [0.1, 0.15) is 23.7 Å². The SMILES string of the molecule is CC(C)(C)OC(=O)C(C)(C)Oc1ccccc1CCC(=O)NCCOc1ccc(Cl)cc1. The molecule has 2 rings (SSSR count). The Hall–Kier alpha value is -2.73. The lowest BCUT2D eigenvalue weighted by molar-refractivity contribution is -0.171. The van der Waals surface area contributed by atoms with Gasteiger partial charge < -0.3 is 19.5 Å². The molecule has 0 aromatic heterocycles. The summed E-state index contributed by atoms with van der Waals surface area (Å²) in [7, 11) is 0. The molecule has 0 aliphatic rings. The van der Waals surface area contributed by atoms with E-state index >= 15 is 0 Å². The van der Waals surface area contributed by atoms with Gasteiger partial charge in [-0.25, -0.2) is 4.79 Å². The van der Waals surface area contributed by atoms with E-state index in [1.165, 1.54) is 0 Å². The number of ether oxygens (including phenoxy) is 3. The topological polar surface area (TPSA) is 73.9 Å². The number of esters is 1. The van der Waals surface area contributed by atoms with Gasteiger partial charge in [0.15, 0.2) is 5.60 Å². The number of hydrogen-bond acceptors (Lipinski definition) is 5. The lowest BCUT2D eigenvalue weighted by atomic mass is 10.1. The minimum atomic E-state index is -1.16. The molecule has 32 heavy (non-hydrogen) atoms. The van der Waals surface area contributed by atoms with Gasteiger partial charge in [-0.05, 0) is 76.9 Å². The van der Waals surface area contributed by atoms with Crippen LogP contribution in [0.1, 0.15) is 46.6 Å². The lowest BCUT2D eigenvalue weighted by Gasteiger charge is -2.29. The van der Waals surface area contributed by atoms with Gasteiger partial charge in [0, 0.05) is 11.4 Å². The molecular weight excluding hydrogens is 430 g/mol. The van der Waals surface area contributed by atoms with Crippen molar-refractivity contribution >= 4 is 23.5 Å². The summed E-state index contributed by atoms with van der Waals surface area (Å²) in [5, 5.41) is 3.48. The van der Waals surface area contributed by atoms with Crippen LogP contribution >= 0.6 is 11.6 Å². The van der Waals surface area contributed by atoms with Crippen LogP contribution in [0.5, 0.6) is 11.5 Å². The summed E-state index contributed by atoms with van der Waals surface area (Å²) in [4.78, 5) is 24.7. The van der Waals surface area contributed by atoms with Gasteiger partial charge in [0.05, 0.1) is 6.54 Å². The van der Waals surface area contributed by atoms with Crippen molar-refractivity contribution in [2.24, 2.45) is 0 Å². The van der Waals surface area contributed by atoms with E-state index < -0.39 is 17.2 Å². The van der Waals surface area contributed by atoms with Gasteiger partial charge in [-0.3, -0.25) is 4.79 Å². The van der Waals surface area contributed by atoms with Gasteiger partial charge in [0.25, 0.3) is 0 Å². The highest BCUT2D eigenvalue weighted by atomic mass is 35.5. The van der Waals surface area contributed by atoms with Gasteiger partial charge in [-0.2, -0.15) is 0 Å². The molecule has 0 aliphatic heterocycles. The molecule has 0 radical (unpaired) electrons. The lowest BCUT2D eigenvalue weighted by Crippen LogP contribution is -2.43. The Balaban J connectivity index is 1.83. The number of benzene rings is 2. The monoisotopic (exact) mass is 461 g/mol. The molecule has 174 valence electrons. The third-order valence-corrected chi connectivity index (χ3v) is 4.61. The van der Waals surface area contributed by atoms with Crippen LogP contribution < -0.4 is 14.8 Å². The van der Waals surface area contributed by atoms with E-state index in [9.17, 15) is 9.59 Å². The fourth-order valence-corrected chi connectivity index (χ4v) is 2.88. The minimum Gasteiger partial charge on any atom is -0.492 e. The van der Waals surface area contributed by atoms with Crippen LogP contribution in [0.4, 0.5) is 0 Å². The predicted molar refractivity (Wildman–Crippen MR) is 125 cm³/mol. The Kier molecular flexibility index (Phi) is 8.96. The molecule has 0 unspecified atom stereocenters. The summed E-state index contributed by atoms with van der Waals surface area (Å²) in [6.07, 6.45) is 0.763. The quantitative estimate of drug-likeness (QED) is 0.399. The first-order valence-corrected chi connectivity index (χ1v) is 11.0. The number of halogens is 1. The second kappa shape index (κ2) is 11.2. The first-order valence-electron chi connectivity index (χ1n) is 10.6. The third kappa shape index (κ3) is 8.79. The highest BCUT2D eigenvalue weighted by molar-refractivity contribution is 6.30. The zero-order chi connectivity index (χ0) is 23.8. The molecule has 2 aromatic carbocycles. The standard InChI is InChI=1S/C25H32ClNO5/c1-24(2,3)32-23(29)25(4,5)31-21-9-7-6-8-18(21)10-15-22(28)27-16-17-30-20-13-11-19(26)12-14-20/h6-9,11-14H,10,15-17H2,1-5H3,(H,27,28). The van der Waals surface area contributed by atoms with Crippen molar-refractivity contribution in [1.82, 2.24) is 5.32 Å². The van der Waals surface area contributed by atoms with Crippen molar-refractivity contribution in [2.75, 3.05) is 13.2 Å². The Morgan fingerprint density at radius 2 is 1.62 bits per heavy atom. The molecule has 0 saturated carbocycles. The second-order valence-corrected chi connectivity index (χ2v) is 9.31. The molecule has 1 N–H and O–H groups in total. The number of hydrogen-bond donors (Lipinski definition) is 1. The zero-order valence-electron chi connectivity index (χ0n) is 19.4.